The van der Waals surface area contributed by atoms with Crippen LogP contribution in [0.4, 0.5) is 0 Å². The molecule has 3 saturated heterocycles. The van der Waals surface area contributed by atoms with Gasteiger partial charge in [0, 0.05) is 30.5 Å². The van der Waals surface area contributed by atoms with Gasteiger partial charge in [0.2, 0.25) is 11.8 Å². The van der Waals surface area contributed by atoms with E-state index in [2.05, 4.69) is 20.9 Å². The Morgan fingerprint density at radius 1 is 1.10 bits per heavy atom. The molecule has 4 fully saturated rings. The van der Waals surface area contributed by atoms with Gasteiger partial charge in [-0.05, 0) is 61.9 Å². The Morgan fingerprint density at radius 2 is 2.00 bits per heavy atom. The maximum absolute atomic E-state index is 12.9. The van der Waals surface area contributed by atoms with Crippen LogP contribution in [-0.4, -0.2) is 56.2 Å². The molecule has 4 aliphatic heterocycles. The molecule has 7 rings (SSSR count). The van der Waals surface area contributed by atoms with Gasteiger partial charge in [-0.25, -0.2) is 4.68 Å². The highest BCUT2D eigenvalue weighted by Gasteiger charge is 2.40. The fraction of sp³-hybridized carbons (Fsp3) is 0.500. The van der Waals surface area contributed by atoms with Crippen molar-refractivity contribution in [2.75, 3.05) is 6.54 Å². The zero-order chi connectivity index (χ0) is 21.1. The molecule has 4 atom stereocenters. The fourth-order valence-electron chi connectivity index (χ4n) is 5.61. The van der Waals surface area contributed by atoms with Crippen LogP contribution in [0.3, 0.4) is 0 Å². The number of fused-ring (bicyclic) bond motifs is 4. The van der Waals surface area contributed by atoms with E-state index >= 15 is 0 Å². The van der Waals surface area contributed by atoms with Gasteiger partial charge in [0.05, 0.1) is 17.6 Å². The van der Waals surface area contributed by atoms with Crippen molar-refractivity contribution in [1.29, 1.82) is 0 Å². The topological polar surface area (TPSA) is 109 Å². The molecule has 2 bridgehead atoms. The van der Waals surface area contributed by atoms with Crippen LogP contribution in [0.5, 0.6) is 0 Å². The Hall–Kier alpha value is -3.07. The number of rotatable bonds is 3. The second-order valence-electron chi connectivity index (χ2n) is 9.13. The van der Waals surface area contributed by atoms with E-state index in [0.29, 0.717) is 30.5 Å². The third-order valence-corrected chi connectivity index (χ3v) is 7.29. The number of nitrogens with zero attached hydrogens (tertiary/aromatic N) is 4. The lowest BCUT2D eigenvalue weighted by atomic mass is 9.73. The van der Waals surface area contributed by atoms with Crippen LogP contribution in [0, 0.1) is 5.92 Å². The Balaban J connectivity index is 1.23. The Labute approximate surface area is 179 Å². The highest BCUT2D eigenvalue weighted by Crippen LogP contribution is 2.39. The summed E-state index contributed by atoms with van der Waals surface area (Å²) < 4.78 is 1.77. The van der Waals surface area contributed by atoms with Crippen molar-refractivity contribution in [3.05, 3.63) is 41.2 Å². The molecule has 4 unspecified atom stereocenters. The van der Waals surface area contributed by atoms with Crippen LogP contribution in [0.25, 0.3) is 5.69 Å². The largest absolute Gasteiger partial charge is 0.322 e. The number of carbonyl (C=O) groups excluding carboxylic acids is 3. The van der Waals surface area contributed by atoms with Crippen molar-refractivity contribution >= 4 is 17.7 Å². The summed E-state index contributed by atoms with van der Waals surface area (Å²) in [4.78, 5) is 38.1. The molecule has 0 spiro atoms. The predicted molar refractivity (Wildman–Crippen MR) is 109 cm³/mol. The molecule has 1 aromatic heterocycles. The number of carbonyl (C=O) groups is 3. The van der Waals surface area contributed by atoms with E-state index in [1.54, 1.807) is 15.6 Å². The predicted octanol–water partition coefficient (Wildman–Crippen LogP) is 0.884. The van der Waals surface area contributed by atoms with Crippen molar-refractivity contribution in [2.45, 2.75) is 56.7 Å². The lowest BCUT2D eigenvalue weighted by molar-refractivity contribution is -0.136. The summed E-state index contributed by atoms with van der Waals surface area (Å²) in [5.74, 6) is 0.286. The highest BCUT2D eigenvalue weighted by molar-refractivity contribution is 6.05. The van der Waals surface area contributed by atoms with E-state index in [4.69, 9.17) is 0 Å². The van der Waals surface area contributed by atoms with Crippen molar-refractivity contribution in [3.8, 4) is 5.69 Å². The van der Waals surface area contributed by atoms with Crippen LogP contribution in [-0.2, 0) is 16.1 Å². The molecular formula is C22H24N6O3. The van der Waals surface area contributed by atoms with Gasteiger partial charge in [-0.1, -0.05) is 5.21 Å². The maximum atomic E-state index is 12.9. The lowest BCUT2D eigenvalue weighted by Crippen LogP contribution is -2.52. The number of piperidine rings is 3. The third-order valence-electron chi connectivity index (χ3n) is 7.29. The molecule has 0 radical (unpaired) electrons. The zero-order valence-electron chi connectivity index (χ0n) is 17.1. The summed E-state index contributed by atoms with van der Waals surface area (Å²) in [6.45, 7) is 1.46. The minimum atomic E-state index is -0.603. The number of amides is 3. The first-order valence-electron chi connectivity index (χ1n) is 11.0. The van der Waals surface area contributed by atoms with Crippen LogP contribution in [0.15, 0.2) is 24.4 Å². The number of nitrogens with one attached hydrogen (secondary N) is 2. The molecule has 1 aromatic carbocycles. The molecule has 9 heteroatoms. The van der Waals surface area contributed by atoms with Gasteiger partial charge in [-0.3, -0.25) is 19.7 Å². The van der Waals surface area contributed by atoms with E-state index in [1.165, 1.54) is 12.8 Å². The molecule has 160 valence electrons. The van der Waals surface area contributed by atoms with E-state index < -0.39 is 11.9 Å². The molecule has 3 amide bonds. The van der Waals surface area contributed by atoms with Gasteiger partial charge >= 0.3 is 0 Å². The van der Waals surface area contributed by atoms with Crippen LogP contribution in [0.1, 0.15) is 59.6 Å². The summed E-state index contributed by atoms with van der Waals surface area (Å²) in [6, 6.07) is 5.49. The maximum Gasteiger partial charge on any atom is 0.255 e. The SMILES string of the molecule is O=C1CCC(N2Cc3cc(-n4cc(C5CC6CCC5NC6)nn4)ccc3C2=O)C(=O)N1. The first kappa shape index (κ1) is 18.7. The van der Waals surface area contributed by atoms with E-state index in [0.717, 1.165) is 35.8 Å². The van der Waals surface area contributed by atoms with Gasteiger partial charge in [0.25, 0.3) is 5.91 Å². The first-order valence-corrected chi connectivity index (χ1v) is 11.0. The van der Waals surface area contributed by atoms with E-state index in [1.807, 2.05) is 18.3 Å². The first-order chi connectivity index (χ1) is 15.1. The average Bonchev–Trinajstić information content (AvgIpc) is 3.40. The highest BCUT2D eigenvalue weighted by atomic mass is 16.2. The minimum Gasteiger partial charge on any atom is -0.322 e. The standard InChI is InChI=1S/C22H24N6O3/c29-20-6-5-19(21(30)24-20)27-10-13-8-14(2-3-15(13)22(27)31)28-11-18(25-26-28)16-7-12-1-4-17(16)23-9-12/h2-3,8,11-12,16-17,19,23H,1,4-7,9-10H2,(H,24,29,30). The van der Waals surface area contributed by atoms with Crippen LogP contribution < -0.4 is 10.6 Å². The Kier molecular flexibility index (Phi) is 4.21. The zero-order valence-corrected chi connectivity index (χ0v) is 17.1. The van der Waals surface area contributed by atoms with Crippen LogP contribution >= 0.6 is 0 Å². The van der Waals surface area contributed by atoms with Crippen molar-refractivity contribution < 1.29 is 14.4 Å². The van der Waals surface area contributed by atoms with Crippen molar-refractivity contribution in [3.63, 3.8) is 0 Å². The second-order valence-corrected chi connectivity index (χ2v) is 9.13. The summed E-state index contributed by atoms with van der Waals surface area (Å²) in [5, 5.41) is 14.8. The summed E-state index contributed by atoms with van der Waals surface area (Å²) in [7, 11) is 0. The summed E-state index contributed by atoms with van der Waals surface area (Å²) in [6.07, 6.45) is 6.27. The Morgan fingerprint density at radius 3 is 2.74 bits per heavy atom. The third kappa shape index (κ3) is 3.06. The number of benzene rings is 1. The second kappa shape index (κ2) is 6.98. The van der Waals surface area contributed by atoms with Crippen LogP contribution in [0.2, 0.25) is 0 Å². The quantitative estimate of drug-likeness (QED) is 0.714. The molecule has 5 aliphatic rings. The van der Waals surface area contributed by atoms with Gasteiger partial charge < -0.3 is 10.2 Å². The fourth-order valence-corrected chi connectivity index (χ4v) is 5.61. The molecule has 31 heavy (non-hydrogen) atoms. The van der Waals surface area contributed by atoms with Gasteiger partial charge in [0.1, 0.15) is 6.04 Å². The number of hydrogen-bond acceptors (Lipinski definition) is 6. The molecular weight excluding hydrogens is 396 g/mol. The van der Waals surface area contributed by atoms with E-state index in [9.17, 15) is 14.4 Å². The van der Waals surface area contributed by atoms with Crippen molar-refractivity contribution in [1.82, 2.24) is 30.5 Å². The van der Waals surface area contributed by atoms with Gasteiger partial charge in [0.15, 0.2) is 0 Å². The molecule has 5 heterocycles. The molecule has 1 saturated carbocycles. The molecule has 9 nitrogen and oxygen atoms in total. The molecule has 2 N–H and O–H groups in total. The average molecular weight is 420 g/mol. The molecule has 2 aromatic rings. The number of aromatic nitrogens is 3. The normalized spacial score (nSPS) is 29.9. The summed E-state index contributed by atoms with van der Waals surface area (Å²) in [5.41, 5.74) is 3.33. The van der Waals surface area contributed by atoms with Gasteiger partial charge in [-0.2, -0.15) is 0 Å². The van der Waals surface area contributed by atoms with E-state index in [-0.39, 0.29) is 18.2 Å². The van der Waals surface area contributed by atoms with Gasteiger partial charge in [-0.15, -0.1) is 5.10 Å². The Bertz CT molecular complexity index is 1090. The van der Waals surface area contributed by atoms with Crippen molar-refractivity contribution in [2.24, 2.45) is 5.92 Å². The smallest absolute Gasteiger partial charge is 0.255 e. The monoisotopic (exact) mass is 420 g/mol. The summed E-state index contributed by atoms with van der Waals surface area (Å²) >= 11 is 0. The molecule has 1 aliphatic carbocycles. The number of hydrogen-bond donors (Lipinski definition) is 2. The minimum absolute atomic E-state index is 0.167. The number of imide groups is 1. The lowest BCUT2D eigenvalue weighted by Gasteiger charge is -2.42.